The van der Waals surface area contributed by atoms with Crippen molar-refractivity contribution in [1.82, 2.24) is 9.55 Å². The Labute approximate surface area is 113 Å². The zero-order chi connectivity index (χ0) is 13.4. The van der Waals surface area contributed by atoms with Crippen molar-refractivity contribution in [1.29, 1.82) is 0 Å². The maximum atomic E-state index is 12.5. The molecule has 0 saturated carbocycles. The second-order valence-electron chi connectivity index (χ2n) is 4.51. The molecule has 1 N–H and O–H groups in total. The second-order valence-corrected chi connectivity index (χ2v) is 5.66. The van der Waals surface area contributed by atoms with E-state index in [4.69, 9.17) is 4.74 Å². The molecule has 3 rings (SSSR count). The normalized spacial score (nSPS) is 18.9. The average molecular weight is 278 g/mol. The summed E-state index contributed by atoms with van der Waals surface area (Å²) < 4.78 is 6.53. The number of H-pyrrole nitrogens is 1. The number of nitrogens with zero attached hydrogens (tertiary/aromatic N) is 1. The minimum atomic E-state index is -0.352. The van der Waals surface area contributed by atoms with Gasteiger partial charge in [-0.15, -0.1) is 0 Å². The number of methoxy groups -OCH3 is 1. The van der Waals surface area contributed by atoms with Crippen LogP contribution >= 0.6 is 11.8 Å². The van der Waals surface area contributed by atoms with Gasteiger partial charge in [0.15, 0.2) is 0 Å². The van der Waals surface area contributed by atoms with Crippen molar-refractivity contribution in [2.45, 2.75) is 12.5 Å². The van der Waals surface area contributed by atoms with Crippen LogP contribution in [0.5, 0.6) is 5.75 Å². The van der Waals surface area contributed by atoms with Gasteiger partial charge in [0.1, 0.15) is 5.75 Å². The van der Waals surface area contributed by atoms with Gasteiger partial charge in [-0.25, -0.2) is 4.79 Å². The first kappa shape index (κ1) is 12.3. The lowest BCUT2D eigenvalue weighted by Gasteiger charge is -2.13. The highest BCUT2D eigenvalue weighted by Gasteiger charge is 2.22. The first-order chi connectivity index (χ1) is 9.22. The molecule has 0 aliphatic carbocycles. The third-order valence-corrected chi connectivity index (χ3v) is 4.56. The Morgan fingerprint density at radius 1 is 1.42 bits per heavy atom. The second kappa shape index (κ2) is 4.77. The summed E-state index contributed by atoms with van der Waals surface area (Å²) >= 11 is 1.77. The Kier molecular flexibility index (Phi) is 3.10. The molecular formula is C13H14N2O3S. The van der Waals surface area contributed by atoms with Gasteiger partial charge in [0.2, 0.25) is 0 Å². The van der Waals surface area contributed by atoms with Crippen LogP contribution in [0.3, 0.4) is 0 Å². The highest BCUT2D eigenvalue weighted by Crippen LogP contribution is 2.26. The standard InChI is InChI=1S/C13H14N2O3S/c1-18-10-4-2-3-9-11(10)14-13(17)15(12(9)16)8-5-6-19-7-8/h2-4,8H,5-7H2,1H3,(H,14,17). The topological polar surface area (TPSA) is 64.1 Å². The van der Waals surface area contributed by atoms with Crippen LogP contribution in [0.1, 0.15) is 12.5 Å². The first-order valence-electron chi connectivity index (χ1n) is 6.11. The number of nitrogens with one attached hydrogen (secondary N) is 1. The Bertz CT molecular complexity index is 729. The summed E-state index contributed by atoms with van der Waals surface area (Å²) in [5.74, 6) is 2.32. The first-order valence-corrected chi connectivity index (χ1v) is 7.27. The van der Waals surface area contributed by atoms with E-state index in [-0.39, 0.29) is 17.3 Å². The fraction of sp³-hybridized carbons (Fsp3) is 0.385. The summed E-state index contributed by atoms with van der Waals surface area (Å²) in [6.45, 7) is 0. The van der Waals surface area contributed by atoms with Gasteiger partial charge in [0, 0.05) is 5.75 Å². The third kappa shape index (κ3) is 1.96. The van der Waals surface area contributed by atoms with Crippen molar-refractivity contribution < 1.29 is 4.74 Å². The zero-order valence-corrected chi connectivity index (χ0v) is 11.3. The van der Waals surface area contributed by atoms with Crippen LogP contribution in [-0.4, -0.2) is 28.2 Å². The minimum absolute atomic E-state index is 0.00292. The Morgan fingerprint density at radius 3 is 2.95 bits per heavy atom. The average Bonchev–Trinajstić information content (AvgIpc) is 2.92. The van der Waals surface area contributed by atoms with Crippen LogP contribution in [0.15, 0.2) is 27.8 Å². The van der Waals surface area contributed by atoms with E-state index in [1.54, 1.807) is 30.0 Å². The molecule has 100 valence electrons. The molecular weight excluding hydrogens is 264 g/mol. The summed E-state index contributed by atoms with van der Waals surface area (Å²) in [4.78, 5) is 27.4. The molecule has 2 aromatic rings. The molecule has 1 aromatic carbocycles. The number of para-hydroxylation sites is 1. The molecule has 1 saturated heterocycles. The number of benzene rings is 1. The molecule has 1 aliphatic heterocycles. The van der Waals surface area contributed by atoms with E-state index >= 15 is 0 Å². The molecule has 1 aromatic heterocycles. The van der Waals surface area contributed by atoms with Crippen molar-refractivity contribution in [2.24, 2.45) is 0 Å². The van der Waals surface area contributed by atoms with Crippen LogP contribution in [0.25, 0.3) is 10.9 Å². The summed E-state index contributed by atoms with van der Waals surface area (Å²) in [5, 5.41) is 0.496. The smallest absolute Gasteiger partial charge is 0.329 e. The third-order valence-electron chi connectivity index (χ3n) is 3.42. The lowest BCUT2D eigenvalue weighted by atomic mass is 10.2. The monoisotopic (exact) mass is 278 g/mol. The van der Waals surface area contributed by atoms with Crippen LogP contribution in [0.4, 0.5) is 0 Å². The predicted octanol–water partition coefficient (Wildman–Crippen LogP) is 1.38. The Balaban J connectivity index is 2.31. The number of thioether (sulfide) groups is 1. The predicted molar refractivity (Wildman–Crippen MR) is 76.4 cm³/mol. The molecule has 2 heterocycles. The maximum Gasteiger partial charge on any atom is 0.329 e. The van der Waals surface area contributed by atoms with Gasteiger partial charge in [0.25, 0.3) is 5.56 Å². The number of aromatic nitrogens is 2. The van der Waals surface area contributed by atoms with E-state index in [0.717, 1.165) is 17.9 Å². The van der Waals surface area contributed by atoms with E-state index < -0.39 is 0 Å². The van der Waals surface area contributed by atoms with E-state index in [1.807, 2.05) is 0 Å². The van der Waals surface area contributed by atoms with Gasteiger partial charge in [-0.2, -0.15) is 11.8 Å². The molecule has 1 aliphatic rings. The molecule has 0 amide bonds. The number of rotatable bonds is 2. The molecule has 0 spiro atoms. The van der Waals surface area contributed by atoms with Gasteiger partial charge in [0.05, 0.1) is 24.1 Å². The van der Waals surface area contributed by atoms with Crippen LogP contribution in [-0.2, 0) is 0 Å². The van der Waals surface area contributed by atoms with Crippen molar-refractivity contribution in [3.63, 3.8) is 0 Å². The largest absolute Gasteiger partial charge is 0.495 e. The van der Waals surface area contributed by atoms with Crippen LogP contribution in [0.2, 0.25) is 0 Å². The van der Waals surface area contributed by atoms with Crippen molar-refractivity contribution in [3.05, 3.63) is 39.0 Å². The number of fused-ring (bicyclic) bond motifs is 1. The van der Waals surface area contributed by atoms with Gasteiger partial charge in [-0.1, -0.05) is 6.07 Å². The maximum absolute atomic E-state index is 12.5. The van der Waals surface area contributed by atoms with Gasteiger partial charge < -0.3 is 9.72 Å². The summed E-state index contributed by atoms with van der Waals surface area (Å²) in [6.07, 6.45) is 0.864. The van der Waals surface area contributed by atoms with E-state index in [0.29, 0.717) is 16.7 Å². The van der Waals surface area contributed by atoms with E-state index in [9.17, 15) is 9.59 Å². The zero-order valence-electron chi connectivity index (χ0n) is 10.5. The van der Waals surface area contributed by atoms with Crippen molar-refractivity contribution >= 4 is 22.7 Å². The summed E-state index contributed by atoms with van der Waals surface area (Å²) in [6, 6.07) is 5.20. The fourth-order valence-electron chi connectivity index (χ4n) is 2.45. The minimum Gasteiger partial charge on any atom is -0.495 e. The molecule has 0 radical (unpaired) electrons. The number of aromatic amines is 1. The Hall–Kier alpha value is -1.69. The fourth-order valence-corrected chi connectivity index (χ4v) is 3.65. The lowest BCUT2D eigenvalue weighted by molar-refractivity contribution is 0.418. The quantitative estimate of drug-likeness (QED) is 0.901. The summed E-state index contributed by atoms with van der Waals surface area (Å²) in [7, 11) is 1.52. The molecule has 1 unspecified atom stereocenters. The Morgan fingerprint density at radius 2 is 2.26 bits per heavy atom. The van der Waals surface area contributed by atoms with Gasteiger partial charge in [-0.05, 0) is 24.3 Å². The molecule has 0 bridgehead atoms. The lowest BCUT2D eigenvalue weighted by Crippen LogP contribution is -2.38. The van der Waals surface area contributed by atoms with Gasteiger partial charge >= 0.3 is 5.69 Å². The highest BCUT2D eigenvalue weighted by molar-refractivity contribution is 7.99. The van der Waals surface area contributed by atoms with Crippen LogP contribution < -0.4 is 16.0 Å². The van der Waals surface area contributed by atoms with Crippen LogP contribution in [0, 0.1) is 0 Å². The number of hydrogen-bond acceptors (Lipinski definition) is 4. The van der Waals surface area contributed by atoms with Crippen molar-refractivity contribution in [3.8, 4) is 5.75 Å². The number of hydrogen-bond donors (Lipinski definition) is 1. The SMILES string of the molecule is COc1cccc2c(=O)n(C3CCSC3)c(=O)[nH]c12. The molecule has 1 fully saturated rings. The molecule has 1 atom stereocenters. The van der Waals surface area contributed by atoms with E-state index in [1.165, 1.54) is 11.7 Å². The van der Waals surface area contributed by atoms with E-state index in [2.05, 4.69) is 4.98 Å². The molecule has 5 nitrogen and oxygen atoms in total. The molecule has 19 heavy (non-hydrogen) atoms. The van der Waals surface area contributed by atoms with Crippen molar-refractivity contribution in [2.75, 3.05) is 18.6 Å². The van der Waals surface area contributed by atoms with Gasteiger partial charge in [-0.3, -0.25) is 9.36 Å². The summed E-state index contributed by atoms with van der Waals surface area (Å²) in [5.41, 5.74) is -0.110. The number of ether oxygens (including phenoxy) is 1. The highest BCUT2D eigenvalue weighted by atomic mass is 32.2. The molecule has 6 heteroatoms.